The number of aromatic nitrogens is 2. The summed E-state index contributed by atoms with van der Waals surface area (Å²) in [5, 5.41) is 4.26. The third-order valence-electron chi connectivity index (χ3n) is 2.52. The van der Waals surface area contributed by atoms with Gasteiger partial charge < -0.3 is 4.74 Å². The molecule has 0 bridgehead atoms. The Hall–Kier alpha value is -0.870. The standard InChI is InChI=1S/C10H17N3O/c1-2-13-9-10(7-11-13)8-12-3-5-14-6-4-12/h7,9H,2-6,8H2,1H3. The Morgan fingerprint density at radius 1 is 1.43 bits per heavy atom. The second kappa shape index (κ2) is 4.57. The Labute approximate surface area is 84.5 Å². The lowest BCUT2D eigenvalue weighted by atomic mass is 10.3. The first-order valence-corrected chi connectivity index (χ1v) is 5.20. The number of rotatable bonds is 3. The van der Waals surface area contributed by atoms with Gasteiger partial charge in [0, 0.05) is 37.9 Å². The fraction of sp³-hybridized carbons (Fsp3) is 0.700. The summed E-state index contributed by atoms with van der Waals surface area (Å²) in [5.41, 5.74) is 1.30. The fourth-order valence-electron chi connectivity index (χ4n) is 1.68. The van der Waals surface area contributed by atoms with Crippen molar-refractivity contribution in [2.75, 3.05) is 26.3 Å². The average molecular weight is 195 g/mol. The summed E-state index contributed by atoms with van der Waals surface area (Å²) < 4.78 is 7.27. The monoisotopic (exact) mass is 195 g/mol. The van der Waals surface area contributed by atoms with Crippen LogP contribution in [0.1, 0.15) is 12.5 Å². The van der Waals surface area contributed by atoms with Gasteiger partial charge in [0.2, 0.25) is 0 Å². The van der Waals surface area contributed by atoms with E-state index in [1.54, 1.807) is 0 Å². The smallest absolute Gasteiger partial charge is 0.0594 e. The quantitative estimate of drug-likeness (QED) is 0.712. The maximum atomic E-state index is 5.30. The van der Waals surface area contributed by atoms with E-state index in [1.807, 2.05) is 10.9 Å². The highest BCUT2D eigenvalue weighted by molar-refractivity contribution is 5.03. The van der Waals surface area contributed by atoms with Crippen molar-refractivity contribution in [1.29, 1.82) is 0 Å². The summed E-state index contributed by atoms with van der Waals surface area (Å²) >= 11 is 0. The van der Waals surface area contributed by atoms with Gasteiger partial charge in [0.15, 0.2) is 0 Å². The van der Waals surface area contributed by atoms with E-state index in [4.69, 9.17) is 4.74 Å². The van der Waals surface area contributed by atoms with Crippen LogP contribution in [0, 0.1) is 0 Å². The lowest BCUT2D eigenvalue weighted by Crippen LogP contribution is -2.35. The van der Waals surface area contributed by atoms with Gasteiger partial charge in [0.05, 0.1) is 19.4 Å². The minimum atomic E-state index is 0.863. The number of ether oxygens (including phenoxy) is 1. The molecular weight excluding hydrogens is 178 g/mol. The van der Waals surface area contributed by atoms with E-state index in [0.717, 1.165) is 39.4 Å². The van der Waals surface area contributed by atoms with Crippen molar-refractivity contribution in [3.8, 4) is 0 Å². The molecule has 1 aromatic heterocycles. The predicted molar refractivity (Wildman–Crippen MR) is 54.0 cm³/mol. The van der Waals surface area contributed by atoms with E-state index >= 15 is 0 Å². The van der Waals surface area contributed by atoms with Crippen LogP contribution in [0.4, 0.5) is 0 Å². The molecule has 4 nitrogen and oxygen atoms in total. The Bertz CT molecular complexity index is 279. The molecule has 2 heterocycles. The van der Waals surface area contributed by atoms with Crippen molar-refractivity contribution in [2.24, 2.45) is 0 Å². The largest absolute Gasteiger partial charge is 0.379 e. The summed E-state index contributed by atoms with van der Waals surface area (Å²) in [4.78, 5) is 2.40. The van der Waals surface area contributed by atoms with Gasteiger partial charge in [-0.15, -0.1) is 0 Å². The van der Waals surface area contributed by atoms with Crippen LogP contribution in [-0.4, -0.2) is 41.0 Å². The maximum absolute atomic E-state index is 5.30. The molecule has 0 unspecified atom stereocenters. The summed E-state index contributed by atoms with van der Waals surface area (Å²) in [6.45, 7) is 7.86. The van der Waals surface area contributed by atoms with Gasteiger partial charge in [-0.25, -0.2) is 0 Å². The highest BCUT2D eigenvalue weighted by Crippen LogP contribution is 2.05. The molecule has 0 atom stereocenters. The predicted octanol–water partition coefficient (Wildman–Crippen LogP) is 0.735. The van der Waals surface area contributed by atoms with Crippen LogP contribution < -0.4 is 0 Å². The van der Waals surface area contributed by atoms with Gasteiger partial charge in [0.1, 0.15) is 0 Å². The molecule has 1 fully saturated rings. The molecule has 1 aliphatic heterocycles. The van der Waals surface area contributed by atoms with Crippen LogP contribution in [0.3, 0.4) is 0 Å². The van der Waals surface area contributed by atoms with Crippen LogP contribution in [0.2, 0.25) is 0 Å². The third-order valence-corrected chi connectivity index (χ3v) is 2.52. The highest BCUT2D eigenvalue weighted by atomic mass is 16.5. The zero-order valence-electron chi connectivity index (χ0n) is 8.65. The average Bonchev–Trinajstić information content (AvgIpc) is 2.67. The third kappa shape index (κ3) is 2.33. The SMILES string of the molecule is CCn1cc(CN2CCOCC2)cn1. The number of hydrogen-bond donors (Lipinski definition) is 0. The molecule has 0 aliphatic carbocycles. The molecule has 0 radical (unpaired) electrons. The normalized spacial score (nSPS) is 18.6. The fourth-order valence-corrected chi connectivity index (χ4v) is 1.68. The Kier molecular flexibility index (Phi) is 3.16. The van der Waals surface area contributed by atoms with Crippen molar-refractivity contribution in [3.05, 3.63) is 18.0 Å². The zero-order valence-corrected chi connectivity index (χ0v) is 8.65. The van der Waals surface area contributed by atoms with Gasteiger partial charge in [-0.2, -0.15) is 5.10 Å². The van der Waals surface area contributed by atoms with E-state index in [9.17, 15) is 0 Å². The van der Waals surface area contributed by atoms with Crippen LogP contribution in [-0.2, 0) is 17.8 Å². The molecule has 0 N–H and O–H groups in total. The summed E-state index contributed by atoms with van der Waals surface area (Å²) in [7, 11) is 0. The Morgan fingerprint density at radius 2 is 2.21 bits per heavy atom. The zero-order chi connectivity index (χ0) is 9.80. The van der Waals surface area contributed by atoms with Crippen LogP contribution in [0.15, 0.2) is 12.4 Å². The van der Waals surface area contributed by atoms with Crippen molar-refractivity contribution in [1.82, 2.24) is 14.7 Å². The molecule has 1 saturated heterocycles. The Morgan fingerprint density at radius 3 is 2.86 bits per heavy atom. The minimum Gasteiger partial charge on any atom is -0.379 e. The topological polar surface area (TPSA) is 30.3 Å². The first-order chi connectivity index (χ1) is 6.88. The number of nitrogens with zero attached hydrogens (tertiary/aromatic N) is 3. The molecule has 2 rings (SSSR count). The second-order valence-corrected chi connectivity index (χ2v) is 3.59. The molecular formula is C10H17N3O. The van der Waals surface area contributed by atoms with Gasteiger partial charge >= 0.3 is 0 Å². The first-order valence-electron chi connectivity index (χ1n) is 5.20. The summed E-state index contributed by atoms with van der Waals surface area (Å²) in [6.07, 6.45) is 4.08. The van der Waals surface area contributed by atoms with Gasteiger partial charge in [-0.05, 0) is 6.92 Å². The molecule has 78 valence electrons. The summed E-state index contributed by atoms with van der Waals surface area (Å²) in [6, 6.07) is 0. The number of aryl methyl sites for hydroxylation is 1. The number of hydrogen-bond acceptors (Lipinski definition) is 3. The molecule has 14 heavy (non-hydrogen) atoms. The van der Waals surface area contributed by atoms with E-state index in [-0.39, 0.29) is 0 Å². The second-order valence-electron chi connectivity index (χ2n) is 3.59. The molecule has 1 aromatic rings. The highest BCUT2D eigenvalue weighted by Gasteiger charge is 2.11. The van der Waals surface area contributed by atoms with E-state index in [0.29, 0.717) is 0 Å². The van der Waals surface area contributed by atoms with Crippen molar-refractivity contribution >= 4 is 0 Å². The van der Waals surface area contributed by atoms with Gasteiger partial charge in [0.25, 0.3) is 0 Å². The van der Waals surface area contributed by atoms with Crippen molar-refractivity contribution < 1.29 is 4.74 Å². The van der Waals surface area contributed by atoms with Crippen LogP contribution >= 0.6 is 0 Å². The maximum Gasteiger partial charge on any atom is 0.0594 e. The molecule has 0 amide bonds. The molecule has 0 saturated carbocycles. The molecule has 1 aliphatic rings. The lowest BCUT2D eigenvalue weighted by molar-refractivity contribution is 0.0342. The lowest BCUT2D eigenvalue weighted by Gasteiger charge is -2.25. The molecule has 0 aromatic carbocycles. The molecule has 0 spiro atoms. The first kappa shape index (κ1) is 9.68. The minimum absolute atomic E-state index is 0.863. The van der Waals surface area contributed by atoms with E-state index in [1.165, 1.54) is 5.56 Å². The van der Waals surface area contributed by atoms with Crippen LogP contribution in [0.25, 0.3) is 0 Å². The van der Waals surface area contributed by atoms with E-state index in [2.05, 4.69) is 23.1 Å². The van der Waals surface area contributed by atoms with Crippen LogP contribution in [0.5, 0.6) is 0 Å². The summed E-state index contributed by atoms with van der Waals surface area (Å²) in [5.74, 6) is 0. The van der Waals surface area contributed by atoms with Crippen molar-refractivity contribution in [2.45, 2.75) is 20.0 Å². The Balaban J connectivity index is 1.89. The van der Waals surface area contributed by atoms with Gasteiger partial charge in [-0.1, -0.05) is 0 Å². The molecule has 4 heteroatoms. The number of morpholine rings is 1. The van der Waals surface area contributed by atoms with Crippen molar-refractivity contribution in [3.63, 3.8) is 0 Å². The van der Waals surface area contributed by atoms with Gasteiger partial charge in [-0.3, -0.25) is 9.58 Å². The van der Waals surface area contributed by atoms with E-state index < -0.39 is 0 Å².